The van der Waals surface area contributed by atoms with Crippen LogP contribution in [-0.2, 0) is 11.3 Å². The molecule has 2 aliphatic rings. The second kappa shape index (κ2) is 7.82. The van der Waals surface area contributed by atoms with E-state index in [1.54, 1.807) is 18.2 Å². The lowest BCUT2D eigenvalue weighted by Crippen LogP contribution is -2.32. The van der Waals surface area contributed by atoms with Gasteiger partial charge in [0.2, 0.25) is 5.91 Å². The smallest absolute Gasteiger partial charge is 0.223 e. The number of hydrogen-bond acceptors (Lipinski definition) is 4. The van der Waals surface area contributed by atoms with Gasteiger partial charge in [0.25, 0.3) is 0 Å². The minimum absolute atomic E-state index is 0.0456. The van der Waals surface area contributed by atoms with Crippen molar-refractivity contribution >= 4 is 11.7 Å². The van der Waals surface area contributed by atoms with E-state index in [4.69, 9.17) is 9.47 Å². The third-order valence-corrected chi connectivity index (χ3v) is 4.93. The fourth-order valence-electron chi connectivity index (χ4n) is 3.31. The zero-order valence-electron chi connectivity index (χ0n) is 15.2. The van der Waals surface area contributed by atoms with Crippen LogP contribution in [0.2, 0.25) is 0 Å². The van der Waals surface area contributed by atoms with Crippen molar-refractivity contribution in [2.24, 2.45) is 0 Å². The molecule has 0 unspecified atom stereocenters. The van der Waals surface area contributed by atoms with E-state index in [1.807, 2.05) is 35.2 Å². The van der Waals surface area contributed by atoms with Crippen LogP contribution in [0.1, 0.15) is 41.6 Å². The summed E-state index contributed by atoms with van der Waals surface area (Å²) in [6, 6.07) is 15.5. The van der Waals surface area contributed by atoms with Gasteiger partial charge in [-0.05, 0) is 36.6 Å². The summed E-state index contributed by atoms with van der Waals surface area (Å²) >= 11 is 0. The monoisotopic (exact) mass is 365 g/mol. The lowest BCUT2D eigenvalue weighted by molar-refractivity contribution is -0.132. The zero-order valence-corrected chi connectivity index (χ0v) is 15.2. The normalized spacial score (nSPS) is 15.3. The molecule has 27 heavy (non-hydrogen) atoms. The average Bonchev–Trinajstić information content (AvgIpc) is 3.55. The maximum absolute atomic E-state index is 12.7. The summed E-state index contributed by atoms with van der Waals surface area (Å²) in [6.45, 7) is 1.62. The molecule has 0 aromatic heterocycles. The molecule has 0 spiro atoms. The number of Topliss-reactive ketones (excluding diaryl/α,β-unsaturated/α-hetero) is 1. The van der Waals surface area contributed by atoms with Gasteiger partial charge >= 0.3 is 0 Å². The van der Waals surface area contributed by atoms with Crippen LogP contribution >= 0.6 is 0 Å². The van der Waals surface area contributed by atoms with Gasteiger partial charge in [-0.1, -0.05) is 30.3 Å². The molecule has 4 rings (SSSR count). The first-order valence-corrected chi connectivity index (χ1v) is 9.47. The number of rotatable bonds is 7. The molecule has 1 heterocycles. The molecule has 0 bridgehead atoms. The molecular formula is C22H23NO4. The molecule has 1 saturated carbocycles. The Labute approximate surface area is 158 Å². The van der Waals surface area contributed by atoms with Crippen LogP contribution in [0.5, 0.6) is 11.5 Å². The molecule has 1 fully saturated rings. The zero-order chi connectivity index (χ0) is 18.6. The standard InChI is InChI=1S/C22H23NO4/c24-19(17-6-10-20-21(14-17)27-13-12-26-20)9-11-22(25)23(18-7-8-18)15-16-4-2-1-3-5-16/h1-6,10,14,18H,7-9,11-13,15H2. The van der Waals surface area contributed by atoms with Crippen molar-refractivity contribution in [1.82, 2.24) is 4.90 Å². The molecule has 0 saturated heterocycles. The number of hydrogen-bond donors (Lipinski definition) is 0. The van der Waals surface area contributed by atoms with Crippen LogP contribution in [0.15, 0.2) is 48.5 Å². The first kappa shape index (κ1) is 17.6. The Balaban J connectivity index is 1.36. The van der Waals surface area contributed by atoms with E-state index in [2.05, 4.69) is 0 Å². The SMILES string of the molecule is O=C(CCC(=O)N(Cc1ccccc1)C1CC1)c1ccc2c(c1)OCCO2. The maximum atomic E-state index is 12.7. The first-order valence-electron chi connectivity index (χ1n) is 9.47. The quantitative estimate of drug-likeness (QED) is 0.704. The molecule has 1 aliphatic heterocycles. The predicted molar refractivity (Wildman–Crippen MR) is 101 cm³/mol. The molecule has 2 aromatic carbocycles. The van der Waals surface area contributed by atoms with Crippen molar-refractivity contribution in [1.29, 1.82) is 0 Å². The second-order valence-electron chi connectivity index (χ2n) is 7.02. The van der Waals surface area contributed by atoms with Crippen molar-refractivity contribution in [3.63, 3.8) is 0 Å². The van der Waals surface area contributed by atoms with Crippen molar-refractivity contribution in [2.75, 3.05) is 13.2 Å². The summed E-state index contributed by atoms with van der Waals surface area (Å²) < 4.78 is 11.0. The van der Waals surface area contributed by atoms with Gasteiger partial charge in [0.1, 0.15) is 13.2 Å². The van der Waals surface area contributed by atoms with Crippen LogP contribution in [0, 0.1) is 0 Å². The predicted octanol–water partition coefficient (Wildman–Crippen LogP) is 3.61. The number of benzene rings is 2. The van der Waals surface area contributed by atoms with E-state index in [-0.39, 0.29) is 24.5 Å². The summed E-state index contributed by atoms with van der Waals surface area (Å²) in [4.78, 5) is 27.2. The first-order chi connectivity index (χ1) is 13.2. The number of amides is 1. The summed E-state index contributed by atoms with van der Waals surface area (Å²) in [7, 11) is 0. The van der Waals surface area contributed by atoms with Crippen LogP contribution in [0.25, 0.3) is 0 Å². The van der Waals surface area contributed by atoms with Gasteiger partial charge in [0.15, 0.2) is 17.3 Å². The van der Waals surface area contributed by atoms with Gasteiger partial charge in [-0.25, -0.2) is 0 Å². The van der Waals surface area contributed by atoms with E-state index >= 15 is 0 Å². The number of fused-ring (bicyclic) bond motifs is 1. The molecule has 1 aliphatic carbocycles. The Morgan fingerprint density at radius 1 is 0.926 bits per heavy atom. The van der Waals surface area contributed by atoms with Gasteiger partial charge < -0.3 is 14.4 Å². The van der Waals surface area contributed by atoms with Gasteiger partial charge in [0.05, 0.1) is 0 Å². The number of carbonyl (C=O) groups excluding carboxylic acids is 2. The number of nitrogens with zero attached hydrogens (tertiary/aromatic N) is 1. The van der Waals surface area contributed by atoms with E-state index in [1.165, 1.54) is 0 Å². The Bertz CT molecular complexity index is 829. The Morgan fingerprint density at radius 2 is 1.67 bits per heavy atom. The largest absolute Gasteiger partial charge is 0.486 e. The fourth-order valence-corrected chi connectivity index (χ4v) is 3.31. The van der Waals surface area contributed by atoms with E-state index in [0.29, 0.717) is 42.9 Å². The average molecular weight is 365 g/mol. The number of carbonyl (C=O) groups is 2. The molecule has 2 aromatic rings. The van der Waals surface area contributed by atoms with E-state index in [0.717, 1.165) is 18.4 Å². The molecule has 0 radical (unpaired) electrons. The van der Waals surface area contributed by atoms with E-state index in [9.17, 15) is 9.59 Å². The maximum Gasteiger partial charge on any atom is 0.223 e. The van der Waals surface area contributed by atoms with Crippen molar-refractivity contribution < 1.29 is 19.1 Å². The Hall–Kier alpha value is -2.82. The fraction of sp³-hybridized carbons (Fsp3) is 0.364. The molecule has 0 atom stereocenters. The molecular weight excluding hydrogens is 342 g/mol. The van der Waals surface area contributed by atoms with Crippen molar-refractivity contribution in [2.45, 2.75) is 38.3 Å². The number of ether oxygens (including phenoxy) is 2. The number of ketones is 1. The highest BCUT2D eigenvalue weighted by molar-refractivity contribution is 5.98. The molecule has 5 nitrogen and oxygen atoms in total. The highest BCUT2D eigenvalue weighted by Gasteiger charge is 2.32. The third kappa shape index (κ3) is 4.30. The van der Waals surface area contributed by atoms with Crippen LogP contribution in [0.4, 0.5) is 0 Å². The minimum atomic E-state index is -0.0456. The Morgan fingerprint density at radius 3 is 2.41 bits per heavy atom. The highest BCUT2D eigenvalue weighted by atomic mass is 16.6. The topological polar surface area (TPSA) is 55.8 Å². The van der Waals surface area contributed by atoms with Gasteiger partial charge in [-0.2, -0.15) is 0 Å². The van der Waals surface area contributed by atoms with E-state index < -0.39 is 0 Å². The minimum Gasteiger partial charge on any atom is -0.486 e. The second-order valence-corrected chi connectivity index (χ2v) is 7.02. The summed E-state index contributed by atoms with van der Waals surface area (Å²) in [5.41, 5.74) is 1.68. The molecule has 1 amide bonds. The van der Waals surface area contributed by atoms with Gasteiger partial charge in [0, 0.05) is 31.0 Å². The molecule has 0 N–H and O–H groups in total. The summed E-state index contributed by atoms with van der Waals surface area (Å²) in [5, 5.41) is 0. The van der Waals surface area contributed by atoms with Crippen molar-refractivity contribution in [3.8, 4) is 11.5 Å². The lowest BCUT2D eigenvalue weighted by atomic mass is 10.0. The Kier molecular flexibility index (Phi) is 5.10. The lowest BCUT2D eigenvalue weighted by Gasteiger charge is -2.22. The third-order valence-electron chi connectivity index (χ3n) is 4.93. The van der Waals surface area contributed by atoms with Gasteiger partial charge in [-0.3, -0.25) is 9.59 Å². The molecule has 5 heteroatoms. The van der Waals surface area contributed by atoms with Crippen LogP contribution in [-0.4, -0.2) is 35.8 Å². The highest BCUT2D eigenvalue weighted by Crippen LogP contribution is 2.32. The summed E-state index contributed by atoms with van der Waals surface area (Å²) in [5.74, 6) is 1.27. The van der Waals surface area contributed by atoms with Gasteiger partial charge in [-0.15, -0.1) is 0 Å². The van der Waals surface area contributed by atoms with Crippen LogP contribution < -0.4 is 9.47 Å². The molecule has 140 valence electrons. The summed E-state index contributed by atoms with van der Waals surface area (Å²) in [6.07, 6.45) is 2.54. The van der Waals surface area contributed by atoms with Crippen LogP contribution in [0.3, 0.4) is 0 Å². The van der Waals surface area contributed by atoms with Crippen molar-refractivity contribution in [3.05, 3.63) is 59.7 Å².